The van der Waals surface area contributed by atoms with Crippen LogP contribution in [0.4, 0.5) is 0 Å². The first kappa shape index (κ1) is 29.2. The molecule has 0 spiro atoms. The Kier molecular flexibility index (Phi) is 8.61. The van der Waals surface area contributed by atoms with Crippen LogP contribution < -0.4 is 18.9 Å². The van der Waals surface area contributed by atoms with Crippen LogP contribution in [-0.2, 0) is 22.7 Å². The first-order valence-electron chi connectivity index (χ1n) is 13.6. The van der Waals surface area contributed by atoms with Crippen molar-refractivity contribution in [1.29, 1.82) is 0 Å². The van der Waals surface area contributed by atoms with Gasteiger partial charge in [-0.2, -0.15) is 0 Å². The van der Waals surface area contributed by atoms with Crippen LogP contribution in [0, 0.1) is 6.92 Å². The molecular weight excluding hydrogens is 548 g/mol. The van der Waals surface area contributed by atoms with Gasteiger partial charge in [0.25, 0.3) is 11.7 Å². The highest BCUT2D eigenvalue weighted by Crippen LogP contribution is 2.46. The molecule has 1 fully saturated rings. The Labute approximate surface area is 249 Å². The number of pyridine rings is 1. The van der Waals surface area contributed by atoms with Crippen molar-refractivity contribution in [2.75, 3.05) is 21.3 Å². The van der Waals surface area contributed by atoms with Gasteiger partial charge in [-0.15, -0.1) is 0 Å². The highest BCUT2D eigenvalue weighted by atomic mass is 16.5. The number of aliphatic hydroxyl groups excluding tert-OH is 1. The maximum Gasteiger partial charge on any atom is 0.295 e. The van der Waals surface area contributed by atoms with Crippen molar-refractivity contribution in [2.24, 2.45) is 0 Å². The maximum atomic E-state index is 13.6. The van der Waals surface area contributed by atoms with E-state index in [0.29, 0.717) is 40.7 Å². The number of carbonyl (C=O) groups excluding carboxylic acids is 2. The van der Waals surface area contributed by atoms with Crippen molar-refractivity contribution in [1.82, 2.24) is 9.88 Å². The Bertz CT molecular complexity index is 1640. The number of rotatable bonds is 10. The van der Waals surface area contributed by atoms with E-state index in [-0.39, 0.29) is 17.9 Å². The molecule has 1 aliphatic heterocycles. The molecule has 9 heteroatoms. The molecule has 1 saturated heterocycles. The summed E-state index contributed by atoms with van der Waals surface area (Å²) in [5, 5.41) is 11.5. The highest BCUT2D eigenvalue weighted by molar-refractivity contribution is 6.46. The smallest absolute Gasteiger partial charge is 0.295 e. The average Bonchev–Trinajstić information content (AvgIpc) is 3.28. The number of likely N-dealkylation sites (tertiary alicyclic amines) is 1. The van der Waals surface area contributed by atoms with Crippen molar-refractivity contribution in [2.45, 2.75) is 26.1 Å². The summed E-state index contributed by atoms with van der Waals surface area (Å²) in [7, 11) is 4.46. The fourth-order valence-electron chi connectivity index (χ4n) is 5.17. The molecule has 1 amide bonds. The number of hydrogen-bond donors (Lipinski definition) is 1. The summed E-state index contributed by atoms with van der Waals surface area (Å²) < 4.78 is 22.5. The van der Waals surface area contributed by atoms with Crippen LogP contribution in [0.3, 0.4) is 0 Å². The molecule has 1 aliphatic rings. The Hall–Kier alpha value is -5.31. The predicted molar refractivity (Wildman–Crippen MR) is 160 cm³/mol. The number of methoxy groups -OCH3 is 3. The molecule has 2 heterocycles. The van der Waals surface area contributed by atoms with Crippen molar-refractivity contribution >= 4 is 17.4 Å². The van der Waals surface area contributed by atoms with Gasteiger partial charge in [-0.3, -0.25) is 14.6 Å². The van der Waals surface area contributed by atoms with Gasteiger partial charge in [-0.25, -0.2) is 0 Å². The number of benzene rings is 3. The molecule has 5 rings (SSSR count). The normalized spacial score (nSPS) is 15.8. The standard InChI is InChI=1S/C34H32N2O7/c1-21-6-5-7-23(16-21)20-43-26-10-8-24(9-11-26)31(37)29-30(25-17-27(40-2)33(42-4)28(18-25)41-3)36(34(39)32(29)38)19-22-12-14-35-15-13-22/h5-18,30,37H,19-20H2,1-4H3. The summed E-state index contributed by atoms with van der Waals surface area (Å²) in [4.78, 5) is 32.5. The molecule has 0 bridgehead atoms. The number of hydrogen-bond acceptors (Lipinski definition) is 8. The number of amides is 1. The number of ketones is 1. The number of aliphatic hydroxyl groups is 1. The Balaban J connectivity index is 1.55. The monoisotopic (exact) mass is 580 g/mol. The lowest BCUT2D eigenvalue weighted by Gasteiger charge is -2.26. The Morgan fingerprint density at radius 3 is 2.14 bits per heavy atom. The van der Waals surface area contributed by atoms with Gasteiger partial charge in [-0.05, 0) is 72.1 Å². The lowest BCUT2D eigenvalue weighted by Crippen LogP contribution is -2.29. The molecule has 1 N–H and O–H groups in total. The molecule has 1 atom stereocenters. The molecule has 3 aromatic carbocycles. The first-order valence-corrected chi connectivity index (χ1v) is 13.6. The topological polar surface area (TPSA) is 107 Å². The second-order valence-corrected chi connectivity index (χ2v) is 10.0. The van der Waals surface area contributed by atoms with E-state index < -0.39 is 17.7 Å². The van der Waals surface area contributed by atoms with Crippen LogP contribution in [0.2, 0.25) is 0 Å². The zero-order chi connectivity index (χ0) is 30.5. The number of aromatic nitrogens is 1. The zero-order valence-electron chi connectivity index (χ0n) is 24.4. The SMILES string of the molecule is COc1cc(C2C(=C(O)c3ccc(OCc4cccc(C)c4)cc3)C(=O)C(=O)N2Cc2ccncc2)cc(OC)c1OC. The maximum absolute atomic E-state index is 13.6. The number of ether oxygens (including phenoxy) is 4. The molecule has 220 valence electrons. The molecule has 0 aliphatic carbocycles. The second kappa shape index (κ2) is 12.7. The largest absolute Gasteiger partial charge is 0.507 e. The molecule has 43 heavy (non-hydrogen) atoms. The fraction of sp³-hybridized carbons (Fsp3) is 0.206. The Morgan fingerprint density at radius 1 is 0.860 bits per heavy atom. The third-order valence-corrected chi connectivity index (χ3v) is 7.26. The third-order valence-electron chi connectivity index (χ3n) is 7.26. The minimum Gasteiger partial charge on any atom is -0.507 e. The van der Waals surface area contributed by atoms with E-state index >= 15 is 0 Å². The number of Topliss-reactive ketones (excluding diaryl/α,β-unsaturated/α-hetero) is 1. The summed E-state index contributed by atoms with van der Waals surface area (Å²) in [5.74, 6) is -0.193. The van der Waals surface area contributed by atoms with E-state index in [4.69, 9.17) is 18.9 Å². The van der Waals surface area contributed by atoms with Crippen LogP contribution in [-0.4, -0.2) is 48.0 Å². The van der Waals surface area contributed by atoms with Crippen molar-refractivity contribution < 1.29 is 33.6 Å². The van der Waals surface area contributed by atoms with Crippen LogP contribution in [0.15, 0.2) is 90.8 Å². The molecular formula is C34H32N2O7. The van der Waals surface area contributed by atoms with Gasteiger partial charge >= 0.3 is 0 Å². The predicted octanol–water partition coefficient (Wildman–Crippen LogP) is 5.62. The van der Waals surface area contributed by atoms with Gasteiger partial charge in [0.15, 0.2) is 11.5 Å². The van der Waals surface area contributed by atoms with Crippen LogP contribution in [0.25, 0.3) is 5.76 Å². The first-order chi connectivity index (χ1) is 20.8. The van der Waals surface area contributed by atoms with E-state index in [9.17, 15) is 14.7 Å². The van der Waals surface area contributed by atoms with Gasteiger partial charge in [0, 0.05) is 24.5 Å². The number of aryl methyl sites for hydroxylation is 1. The van der Waals surface area contributed by atoms with Crippen molar-refractivity contribution in [3.63, 3.8) is 0 Å². The zero-order valence-corrected chi connectivity index (χ0v) is 24.4. The van der Waals surface area contributed by atoms with Crippen LogP contribution in [0.1, 0.15) is 33.9 Å². The molecule has 0 radical (unpaired) electrons. The summed E-state index contributed by atoms with van der Waals surface area (Å²) in [5.41, 5.74) is 3.76. The van der Waals surface area contributed by atoms with E-state index in [1.165, 1.54) is 26.2 Å². The molecule has 1 aromatic heterocycles. The summed E-state index contributed by atoms with van der Waals surface area (Å²) >= 11 is 0. The Morgan fingerprint density at radius 2 is 1.53 bits per heavy atom. The molecule has 0 saturated carbocycles. The van der Waals surface area contributed by atoms with Gasteiger partial charge in [0.1, 0.15) is 18.1 Å². The average molecular weight is 581 g/mol. The summed E-state index contributed by atoms with van der Waals surface area (Å²) in [6.45, 7) is 2.51. The van der Waals surface area contributed by atoms with Gasteiger partial charge in [0.05, 0.1) is 32.9 Å². The second-order valence-electron chi connectivity index (χ2n) is 10.0. The van der Waals surface area contributed by atoms with E-state index in [1.807, 2.05) is 31.2 Å². The number of nitrogens with zero attached hydrogens (tertiary/aromatic N) is 2. The van der Waals surface area contributed by atoms with Crippen molar-refractivity contribution in [3.05, 3.63) is 119 Å². The van der Waals surface area contributed by atoms with Gasteiger partial charge < -0.3 is 29.0 Å². The minimum absolute atomic E-state index is 0.0539. The summed E-state index contributed by atoms with van der Waals surface area (Å²) in [6.07, 6.45) is 3.23. The lowest BCUT2D eigenvalue weighted by molar-refractivity contribution is -0.140. The lowest BCUT2D eigenvalue weighted by atomic mass is 9.94. The fourth-order valence-corrected chi connectivity index (χ4v) is 5.17. The van der Waals surface area contributed by atoms with E-state index in [1.54, 1.807) is 60.9 Å². The highest BCUT2D eigenvalue weighted by Gasteiger charge is 2.46. The third kappa shape index (κ3) is 6.01. The van der Waals surface area contributed by atoms with Crippen LogP contribution >= 0.6 is 0 Å². The van der Waals surface area contributed by atoms with E-state index in [0.717, 1.165) is 16.7 Å². The molecule has 4 aromatic rings. The minimum atomic E-state index is -0.945. The summed E-state index contributed by atoms with van der Waals surface area (Å²) in [6, 6.07) is 20.7. The van der Waals surface area contributed by atoms with Gasteiger partial charge in [0.2, 0.25) is 5.75 Å². The van der Waals surface area contributed by atoms with Crippen LogP contribution in [0.5, 0.6) is 23.0 Å². The quantitative estimate of drug-likeness (QED) is 0.146. The van der Waals surface area contributed by atoms with Gasteiger partial charge in [-0.1, -0.05) is 29.8 Å². The van der Waals surface area contributed by atoms with Crippen molar-refractivity contribution in [3.8, 4) is 23.0 Å². The van der Waals surface area contributed by atoms with E-state index in [2.05, 4.69) is 4.98 Å². The number of carbonyl (C=O) groups is 2. The molecule has 1 unspecified atom stereocenters. The molecule has 9 nitrogen and oxygen atoms in total.